The first kappa shape index (κ1) is 11.1. The predicted molar refractivity (Wildman–Crippen MR) is 73.7 cm³/mol. The molecule has 0 bridgehead atoms. The lowest BCUT2D eigenvalue weighted by Crippen LogP contribution is -2.35. The van der Waals surface area contributed by atoms with Crippen LogP contribution in [-0.4, -0.2) is 17.6 Å². The van der Waals surface area contributed by atoms with Gasteiger partial charge in [0.1, 0.15) is 0 Å². The molecule has 0 atom stereocenters. The standard InChI is InChI=1S/C16H9NO3/c1-7-6-12(18)9-3-5-11-14-10(15(19)17-16(11)20)4-2-8(7)13(9)14/h2-5H,1,6H2,(H,17,19,20). The van der Waals surface area contributed by atoms with Crippen LogP contribution in [0.15, 0.2) is 30.8 Å². The Morgan fingerprint density at radius 1 is 0.800 bits per heavy atom. The van der Waals surface area contributed by atoms with Gasteiger partial charge in [-0.25, -0.2) is 0 Å². The molecule has 96 valence electrons. The van der Waals surface area contributed by atoms with Crippen LogP contribution >= 0.6 is 0 Å². The van der Waals surface area contributed by atoms with Crippen molar-refractivity contribution in [2.45, 2.75) is 6.42 Å². The number of carbonyl (C=O) groups is 3. The van der Waals surface area contributed by atoms with Crippen molar-refractivity contribution in [3.8, 4) is 0 Å². The number of allylic oxidation sites excluding steroid dienone is 1. The summed E-state index contributed by atoms with van der Waals surface area (Å²) < 4.78 is 0. The molecule has 2 aromatic carbocycles. The van der Waals surface area contributed by atoms with E-state index in [9.17, 15) is 14.4 Å². The van der Waals surface area contributed by atoms with Gasteiger partial charge in [0.05, 0.1) is 0 Å². The van der Waals surface area contributed by atoms with Gasteiger partial charge in [0.2, 0.25) is 0 Å². The van der Waals surface area contributed by atoms with Crippen molar-refractivity contribution in [2.75, 3.05) is 0 Å². The van der Waals surface area contributed by atoms with Crippen LogP contribution in [0.4, 0.5) is 0 Å². The van der Waals surface area contributed by atoms with E-state index in [4.69, 9.17) is 0 Å². The number of rotatable bonds is 0. The third-order valence-electron chi connectivity index (χ3n) is 3.93. The molecule has 0 fully saturated rings. The maximum atomic E-state index is 12.1. The normalized spacial score (nSPS) is 16.6. The zero-order valence-corrected chi connectivity index (χ0v) is 10.4. The zero-order valence-electron chi connectivity index (χ0n) is 10.4. The molecule has 0 unspecified atom stereocenters. The molecule has 1 aliphatic carbocycles. The van der Waals surface area contributed by atoms with Crippen LogP contribution in [0.3, 0.4) is 0 Å². The Morgan fingerprint density at radius 3 is 1.95 bits per heavy atom. The summed E-state index contributed by atoms with van der Waals surface area (Å²) in [5, 5.41) is 3.56. The van der Waals surface area contributed by atoms with E-state index in [1.165, 1.54) is 0 Å². The van der Waals surface area contributed by atoms with Gasteiger partial charge in [-0.15, -0.1) is 0 Å². The average molecular weight is 263 g/mol. The Balaban J connectivity index is 2.29. The molecule has 1 heterocycles. The van der Waals surface area contributed by atoms with Gasteiger partial charge in [-0.2, -0.15) is 0 Å². The fourth-order valence-electron chi connectivity index (χ4n) is 3.02. The van der Waals surface area contributed by atoms with E-state index in [2.05, 4.69) is 11.9 Å². The highest BCUT2D eigenvalue weighted by atomic mass is 16.2. The molecule has 0 aromatic heterocycles. The summed E-state index contributed by atoms with van der Waals surface area (Å²) >= 11 is 0. The topological polar surface area (TPSA) is 63.2 Å². The van der Waals surface area contributed by atoms with Gasteiger partial charge >= 0.3 is 0 Å². The van der Waals surface area contributed by atoms with Crippen LogP contribution in [0, 0.1) is 0 Å². The van der Waals surface area contributed by atoms with Gasteiger partial charge in [0.15, 0.2) is 5.78 Å². The fourth-order valence-corrected chi connectivity index (χ4v) is 3.02. The van der Waals surface area contributed by atoms with Gasteiger partial charge in [-0.3, -0.25) is 19.7 Å². The van der Waals surface area contributed by atoms with E-state index in [-0.39, 0.29) is 12.2 Å². The SMILES string of the molecule is C=C1CC(=O)c2ccc3c4c(ccc1c24)C(=O)NC3=O. The third-order valence-corrected chi connectivity index (χ3v) is 3.93. The number of imide groups is 1. The maximum Gasteiger partial charge on any atom is 0.258 e. The largest absolute Gasteiger partial charge is 0.294 e. The Morgan fingerprint density at radius 2 is 1.30 bits per heavy atom. The van der Waals surface area contributed by atoms with Crippen LogP contribution in [0.2, 0.25) is 0 Å². The van der Waals surface area contributed by atoms with Crippen LogP contribution < -0.4 is 5.32 Å². The van der Waals surface area contributed by atoms with Crippen LogP contribution in [0.25, 0.3) is 16.3 Å². The Hall–Kier alpha value is -2.75. The number of hydrogen-bond donors (Lipinski definition) is 1. The summed E-state index contributed by atoms with van der Waals surface area (Å²) in [6, 6.07) is 6.76. The number of amides is 2. The maximum absolute atomic E-state index is 12.1. The molecule has 20 heavy (non-hydrogen) atoms. The van der Waals surface area contributed by atoms with Gasteiger partial charge < -0.3 is 0 Å². The van der Waals surface area contributed by atoms with E-state index in [1.54, 1.807) is 24.3 Å². The average Bonchev–Trinajstić information content (AvgIpc) is 2.42. The first-order valence-electron chi connectivity index (χ1n) is 6.24. The van der Waals surface area contributed by atoms with Crippen molar-refractivity contribution in [1.82, 2.24) is 5.32 Å². The zero-order chi connectivity index (χ0) is 14.0. The minimum atomic E-state index is -0.421. The molecule has 4 rings (SSSR count). The van der Waals surface area contributed by atoms with E-state index in [0.717, 1.165) is 11.1 Å². The lowest BCUT2D eigenvalue weighted by Gasteiger charge is -2.24. The molecule has 4 nitrogen and oxygen atoms in total. The van der Waals surface area contributed by atoms with Crippen molar-refractivity contribution in [1.29, 1.82) is 0 Å². The lowest BCUT2D eigenvalue weighted by atomic mass is 9.81. The molecule has 2 aliphatic rings. The predicted octanol–water partition coefficient (Wildman–Crippen LogP) is 2.32. The van der Waals surface area contributed by atoms with Crippen molar-refractivity contribution < 1.29 is 14.4 Å². The minimum Gasteiger partial charge on any atom is -0.294 e. The fraction of sp³-hybridized carbons (Fsp3) is 0.0625. The molecule has 2 amide bonds. The van der Waals surface area contributed by atoms with Crippen molar-refractivity contribution in [3.05, 3.63) is 53.1 Å². The van der Waals surface area contributed by atoms with Crippen LogP contribution in [0.5, 0.6) is 0 Å². The lowest BCUT2D eigenvalue weighted by molar-refractivity contribution is 0.0843. The summed E-state index contributed by atoms with van der Waals surface area (Å²) in [4.78, 5) is 36.0. The molecule has 0 saturated heterocycles. The first-order valence-corrected chi connectivity index (χ1v) is 6.24. The monoisotopic (exact) mass is 263 g/mol. The Kier molecular flexibility index (Phi) is 1.90. The van der Waals surface area contributed by atoms with Gasteiger partial charge in [-0.05, 0) is 29.3 Å². The summed E-state index contributed by atoms with van der Waals surface area (Å²) in [5.74, 6) is -0.866. The molecular formula is C16H9NO3. The van der Waals surface area contributed by atoms with Crippen molar-refractivity contribution >= 4 is 33.9 Å². The van der Waals surface area contributed by atoms with Gasteiger partial charge in [0, 0.05) is 33.9 Å². The number of carbonyl (C=O) groups excluding carboxylic acids is 3. The molecule has 2 aromatic rings. The number of ketones is 1. The summed E-state index contributed by atoms with van der Waals surface area (Å²) in [5.41, 5.74) is 3.01. The number of nitrogens with one attached hydrogen (secondary N) is 1. The summed E-state index contributed by atoms with van der Waals surface area (Å²) in [6.45, 7) is 3.92. The summed E-state index contributed by atoms with van der Waals surface area (Å²) in [7, 11) is 0. The third kappa shape index (κ3) is 1.18. The van der Waals surface area contributed by atoms with E-state index >= 15 is 0 Å². The van der Waals surface area contributed by atoms with E-state index in [1.807, 2.05) is 0 Å². The summed E-state index contributed by atoms with van der Waals surface area (Å²) in [6.07, 6.45) is 0.279. The highest BCUT2D eigenvalue weighted by Crippen LogP contribution is 2.39. The molecule has 1 N–H and O–H groups in total. The van der Waals surface area contributed by atoms with Crippen molar-refractivity contribution in [2.24, 2.45) is 0 Å². The molecule has 0 spiro atoms. The molecule has 0 radical (unpaired) electrons. The second kappa shape index (κ2) is 3.42. The molecule has 4 heteroatoms. The quantitative estimate of drug-likeness (QED) is 0.742. The number of Topliss-reactive ketones (excluding diaryl/α,β-unsaturated/α-hetero) is 1. The van der Waals surface area contributed by atoms with Crippen LogP contribution in [0.1, 0.15) is 43.1 Å². The molecule has 1 aliphatic heterocycles. The van der Waals surface area contributed by atoms with Gasteiger partial charge in [0.25, 0.3) is 11.8 Å². The second-order valence-corrected chi connectivity index (χ2v) is 5.06. The number of hydrogen-bond acceptors (Lipinski definition) is 3. The Bertz CT molecular complexity index is 738. The highest BCUT2D eigenvalue weighted by Gasteiger charge is 2.30. The Labute approximate surface area is 114 Å². The highest BCUT2D eigenvalue weighted by molar-refractivity contribution is 6.30. The molecular weight excluding hydrogens is 254 g/mol. The first-order chi connectivity index (χ1) is 9.58. The van der Waals surface area contributed by atoms with Gasteiger partial charge in [-0.1, -0.05) is 12.6 Å². The molecule has 0 saturated carbocycles. The minimum absolute atomic E-state index is 0.0235. The van der Waals surface area contributed by atoms with E-state index in [0.29, 0.717) is 27.5 Å². The number of benzene rings is 2. The van der Waals surface area contributed by atoms with E-state index < -0.39 is 11.8 Å². The van der Waals surface area contributed by atoms with Crippen molar-refractivity contribution in [3.63, 3.8) is 0 Å². The second-order valence-electron chi connectivity index (χ2n) is 5.06. The smallest absolute Gasteiger partial charge is 0.258 e. The van der Waals surface area contributed by atoms with Crippen LogP contribution in [-0.2, 0) is 0 Å².